The second-order valence-corrected chi connectivity index (χ2v) is 4.36. The van der Waals surface area contributed by atoms with Gasteiger partial charge in [-0.15, -0.1) is 11.3 Å². The molecule has 0 spiro atoms. The van der Waals surface area contributed by atoms with Gasteiger partial charge in [0.25, 0.3) is 0 Å². The minimum atomic E-state index is 0.790. The van der Waals surface area contributed by atoms with Crippen LogP contribution in [-0.2, 0) is 6.54 Å². The lowest BCUT2D eigenvalue weighted by Crippen LogP contribution is -2.09. The molecule has 2 aromatic heterocycles. The van der Waals surface area contributed by atoms with Crippen LogP contribution in [0.2, 0.25) is 0 Å². The van der Waals surface area contributed by atoms with Crippen molar-refractivity contribution >= 4 is 17.3 Å². The van der Waals surface area contributed by atoms with Crippen molar-refractivity contribution in [3.8, 4) is 0 Å². The summed E-state index contributed by atoms with van der Waals surface area (Å²) in [6, 6.07) is 0. The van der Waals surface area contributed by atoms with Crippen LogP contribution in [0.15, 0.2) is 23.3 Å². The van der Waals surface area contributed by atoms with Gasteiger partial charge in [0.15, 0.2) is 0 Å². The summed E-state index contributed by atoms with van der Waals surface area (Å²) in [7, 11) is 0. The Morgan fingerprint density at radius 2 is 2.38 bits per heavy atom. The van der Waals surface area contributed by atoms with Crippen LogP contribution in [0.25, 0.3) is 0 Å². The summed E-state index contributed by atoms with van der Waals surface area (Å²) in [5.41, 5.74) is 2.94. The first-order chi connectivity index (χ1) is 7.90. The first kappa shape index (κ1) is 11.1. The molecule has 0 saturated carbocycles. The first-order valence-electron chi connectivity index (χ1n) is 5.52. The van der Waals surface area contributed by atoms with Gasteiger partial charge in [-0.25, -0.2) is 9.97 Å². The van der Waals surface area contributed by atoms with Gasteiger partial charge in [0.05, 0.1) is 17.7 Å². The van der Waals surface area contributed by atoms with Crippen LogP contribution in [0, 0.1) is 0 Å². The second-order valence-electron chi connectivity index (χ2n) is 3.64. The molecule has 5 heteroatoms. The Kier molecular flexibility index (Phi) is 3.93. The highest BCUT2D eigenvalue weighted by Gasteiger charge is 2.03. The molecular formula is C11H16N4S. The maximum Gasteiger partial charge on any atom is 0.203 e. The Labute approximate surface area is 99.4 Å². The number of anilines is 1. The molecule has 0 aliphatic heterocycles. The molecule has 2 rings (SSSR count). The molecule has 0 aliphatic rings. The van der Waals surface area contributed by atoms with Gasteiger partial charge in [-0.3, -0.25) is 0 Å². The average Bonchev–Trinajstić information content (AvgIpc) is 2.92. The number of rotatable bonds is 6. The van der Waals surface area contributed by atoms with Gasteiger partial charge in [0, 0.05) is 24.3 Å². The van der Waals surface area contributed by atoms with E-state index in [9.17, 15) is 0 Å². The number of nitrogens with zero attached hydrogens (tertiary/aromatic N) is 3. The lowest BCUT2D eigenvalue weighted by molar-refractivity contribution is 0.764. The Balaban J connectivity index is 1.96. The van der Waals surface area contributed by atoms with E-state index < -0.39 is 0 Å². The predicted octanol–water partition coefficient (Wildman–Crippen LogP) is 2.60. The van der Waals surface area contributed by atoms with Crippen LogP contribution in [0.5, 0.6) is 0 Å². The molecule has 0 radical (unpaired) electrons. The van der Waals surface area contributed by atoms with Crippen LogP contribution in [0.1, 0.15) is 25.5 Å². The monoisotopic (exact) mass is 236 g/mol. The van der Waals surface area contributed by atoms with Gasteiger partial charge in [-0.1, -0.05) is 13.3 Å². The van der Waals surface area contributed by atoms with Gasteiger partial charge < -0.3 is 9.88 Å². The molecule has 2 aromatic rings. The van der Waals surface area contributed by atoms with Gasteiger partial charge in [-0.2, -0.15) is 0 Å². The van der Waals surface area contributed by atoms with Gasteiger partial charge >= 0.3 is 0 Å². The standard InChI is InChI=1S/C11H16N4S/c1-2-3-4-12-11-13-5-6-15(11)7-10-8-16-9-14-10/h5-6,8-9H,2-4,7H2,1H3,(H,12,13). The molecule has 0 bridgehead atoms. The fourth-order valence-electron chi connectivity index (χ4n) is 1.47. The number of imidazole rings is 1. The third-order valence-corrected chi connectivity index (χ3v) is 2.98. The number of hydrogen-bond acceptors (Lipinski definition) is 4. The minimum Gasteiger partial charge on any atom is -0.356 e. The fourth-order valence-corrected chi connectivity index (χ4v) is 2.02. The second kappa shape index (κ2) is 5.65. The molecule has 86 valence electrons. The topological polar surface area (TPSA) is 42.7 Å². The highest BCUT2D eigenvalue weighted by atomic mass is 32.1. The highest BCUT2D eigenvalue weighted by Crippen LogP contribution is 2.09. The summed E-state index contributed by atoms with van der Waals surface area (Å²) in [4.78, 5) is 8.57. The summed E-state index contributed by atoms with van der Waals surface area (Å²) in [5.74, 6) is 0.932. The molecule has 0 unspecified atom stereocenters. The number of aromatic nitrogens is 3. The molecule has 4 nitrogen and oxygen atoms in total. The Hall–Kier alpha value is -1.36. The quantitative estimate of drug-likeness (QED) is 0.784. The lowest BCUT2D eigenvalue weighted by atomic mass is 10.3. The van der Waals surface area contributed by atoms with Crippen molar-refractivity contribution < 1.29 is 0 Å². The molecule has 0 amide bonds. The Morgan fingerprint density at radius 1 is 1.44 bits per heavy atom. The van der Waals surface area contributed by atoms with Crippen molar-refractivity contribution in [1.82, 2.24) is 14.5 Å². The molecule has 0 fully saturated rings. The molecule has 0 atom stereocenters. The molecule has 0 aliphatic carbocycles. The van der Waals surface area contributed by atoms with E-state index in [2.05, 4.69) is 32.2 Å². The fraction of sp³-hybridized carbons (Fsp3) is 0.455. The maximum atomic E-state index is 4.30. The summed E-state index contributed by atoms with van der Waals surface area (Å²) in [6.45, 7) is 3.95. The van der Waals surface area contributed by atoms with E-state index >= 15 is 0 Å². The van der Waals surface area contributed by atoms with E-state index in [0.717, 1.165) is 24.7 Å². The zero-order valence-electron chi connectivity index (χ0n) is 9.39. The van der Waals surface area contributed by atoms with Crippen LogP contribution in [0.3, 0.4) is 0 Å². The number of nitrogens with one attached hydrogen (secondary N) is 1. The lowest BCUT2D eigenvalue weighted by Gasteiger charge is -2.07. The zero-order valence-corrected chi connectivity index (χ0v) is 10.2. The number of thiazole rings is 1. The molecule has 2 heterocycles. The van der Waals surface area contributed by atoms with Gasteiger partial charge in [-0.05, 0) is 6.42 Å². The average molecular weight is 236 g/mol. The van der Waals surface area contributed by atoms with Crippen LogP contribution >= 0.6 is 11.3 Å². The number of hydrogen-bond donors (Lipinski definition) is 1. The first-order valence-corrected chi connectivity index (χ1v) is 6.46. The van der Waals surface area contributed by atoms with E-state index in [0.29, 0.717) is 0 Å². The van der Waals surface area contributed by atoms with Crippen molar-refractivity contribution in [2.45, 2.75) is 26.3 Å². The maximum absolute atomic E-state index is 4.30. The van der Waals surface area contributed by atoms with Crippen molar-refractivity contribution in [3.05, 3.63) is 29.0 Å². The number of unbranched alkanes of at least 4 members (excludes halogenated alkanes) is 1. The third-order valence-electron chi connectivity index (χ3n) is 2.34. The van der Waals surface area contributed by atoms with E-state index in [4.69, 9.17) is 0 Å². The summed E-state index contributed by atoms with van der Waals surface area (Å²) in [6.07, 6.45) is 6.16. The van der Waals surface area contributed by atoms with Crippen LogP contribution in [-0.4, -0.2) is 21.1 Å². The van der Waals surface area contributed by atoms with Crippen molar-refractivity contribution in [3.63, 3.8) is 0 Å². The van der Waals surface area contributed by atoms with E-state index in [-0.39, 0.29) is 0 Å². The van der Waals surface area contributed by atoms with Crippen molar-refractivity contribution in [2.24, 2.45) is 0 Å². The summed E-state index contributed by atoms with van der Waals surface area (Å²) >= 11 is 1.62. The van der Waals surface area contributed by atoms with Crippen molar-refractivity contribution in [2.75, 3.05) is 11.9 Å². The van der Waals surface area contributed by atoms with E-state index in [1.165, 1.54) is 12.8 Å². The smallest absolute Gasteiger partial charge is 0.203 e. The predicted molar refractivity (Wildman–Crippen MR) is 66.8 cm³/mol. The minimum absolute atomic E-state index is 0.790. The van der Waals surface area contributed by atoms with Gasteiger partial charge in [0.1, 0.15) is 0 Å². The molecule has 0 aromatic carbocycles. The van der Waals surface area contributed by atoms with E-state index in [1.54, 1.807) is 11.3 Å². The van der Waals surface area contributed by atoms with E-state index in [1.807, 2.05) is 17.9 Å². The molecule has 1 N–H and O–H groups in total. The van der Waals surface area contributed by atoms with Gasteiger partial charge in [0.2, 0.25) is 5.95 Å². The molecule has 0 saturated heterocycles. The molecule has 16 heavy (non-hydrogen) atoms. The zero-order chi connectivity index (χ0) is 11.2. The molecular weight excluding hydrogens is 220 g/mol. The normalized spacial score (nSPS) is 10.6. The van der Waals surface area contributed by atoms with Crippen molar-refractivity contribution in [1.29, 1.82) is 0 Å². The Bertz CT molecular complexity index is 407. The Morgan fingerprint density at radius 3 is 3.12 bits per heavy atom. The SMILES string of the molecule is CCCCNc1nccn1Cc1cscn1. The summed E-state index contributed by atoms with van der Waals surface area (Å²) < 4.78 is 2.09. The summed E-state index contributed by atoms with van der Waals surface area (Å²) in [5, 5.41) is 5.40. The third kappa shape index (κ3) is 2.82. The largest absolute Gasteiger partial charge is 0.356 e. The van der Waals surface area contributed by atoms with Crippen LogP contribution in [0.4, 0.5) is 5.95 Å². The van der Waals surface area contributed by atoms with Crippen LogP contribution < -0.4 is 5.32 Å². The highest BCUT2D eigenvalue weighted by molar-refractivity contribution is 7.07.